The molecule has 2 aromatic rings. The van der Waals surface area contributed by atoms with E-state index >= 15 is 0 Å². The summed E-state index contributed by atoms with van der Waals surface area (Å²) in [5.74, 6) is -0.783. The van der Waals surface area contributed by atoms with Crippen molar-refractivity contribution in [3.05, 3.63) is 62.5 Å². The van der Waals surface area contributed by atoms with E-state index in [9.17, 15) is 18.0 Å². The number of amides is 2. The topological polar surface area (TPSA) is 86.8 Å². The largest absolute Gasteiger partial charge is 0.352 e. The molecule has 0 aliphatic heterocycles. The van der Waals surface area contributed by atoms with Gasteiger partial charge in [-0.15, -0.1) is 0 Å². The highest BCUT2D eigenvalue weighted by Crippen LogP contribution is 2.27. The summed E-state index contributed by atoms with van der Waals surface area (Å²) in [5, 5.41) is 3.55. The van der Waals surface area contributed by atoms with E-state index in [0.29, 0.717) is 0 Å². The van der Waals surface area contributed by atoms with Crippen molar-refractivity contribution >= 4 is 66.7 Å². The first-order valence-corrected chi connectivity index (χ1v) is 15.1. The highest BCUT2D eigenvalue weighted by Gasteiger charge is 2.31. The van der Waals surface area contributed by atoms with Crippen LogP contribution < -0.4 is 9.62 Å². The molecule has 0 spiro atoms. The molecule has 1 atom stereocenters. The normalized spacial score (nSPS) is 15.2. The van der Waals surface area contributed by atoms with Crippen LogP contribution in [0.15, 0.2) is 46.9 Å². The molecule has 1 aliphatic carbocycles. The van der Waals surface area contributed by atoms with Gasteiger partial charge in [-0.2, -0.15) is 0 Å². The van der Waals surface area contributed by atoms with Gasteiger partial charge in [-0.3, -0.25) is 13.9 Å². The van der Waals surface area contributed by atoms with E-state index in [2.05, 4.69) is 21.2 Å². The number of halogens is 3. The molecule has 1 N–H and O–H groups in total. The second-order valence-electron chi connectivity index (χ2n) is 9.06. The van der Waals surface area contributed by atoms with Gasteiger partial charge in [0.25, 0.3) is 0 Å². The second-order valence-corrected chi connectivity index (χ2v) is 12.8. The molecule has 2 aromatic carbocycles. The van der Waals surface area contributed by atoms with Crippen LogP contribution in [0, 0.1) is 0 Å². The lowest BCUT2D eigenvalue weighted by Gasteiger charge is -2.33. The summed E-state index contributed by atoms with van der Waals surface area (Å²) in [6.45, 7) is 1.29. The van der Waals surface area contributed by atoms with Crippen molar-refractivity contribution in [3.63, 3.8) is 0 Å². The molecule has 0 heterocycles. The Morgan fingerprint density at radius 3 is 2.19 bits per heavy atom. The molecule has 1 aliphatic rings. The summed E-state index contributed by atoms with van der Waals surface area (Å²) in [5.41, 5.74) is 0.979. The highest BCUT2D eigenvalue weighted by molar-refractivity contribution is 9.10. The average molecular weight is 619 g/mol. The van der Waals surface area contributed by atoms with Crippen LogP contribution in [0.5, 0.6) is 0 Å². The summed E-state index contributed by atoms with van der Waals surface area (Å²) in [4.78, 5) is 28.2. The number of carbonyl (C=O) groups is 2. The fraction of sp³-hybridized carbons (Fsp3) is 0.440. The molecule has 0 aromatic heterocycles. The van der Waals surface area contributed by atoms with Crippen LogP contribution >= 0.6 is 39.1 Å². The van der Waals surface area contributed by atoms with Crippen molar-refractivity contribution in [1.82, 2.24) is 10.2 Å². The number of benzene rings is 2. The third-order valence-electron chi connectivity index (χ3n) is 6.20. The van der Waals surface area contributed by atoms with E-state index in [-0.39, 0.29) is 34.2 Å². The van der Waals surface area contributed by atoms with E-state index in [4.69, 9.17) is 23.2 Å². The van der Waals surface area contributed by atoms with Gasteiger partial charge in [-0.25, -0.2) is 8.42 Å². The number of nitrogens with zero attached hydrogens (tertiary/aromatic N) is 2. The van der Waals surface area contributed by atoms with Gasteiger partial charge >= 0.3 is 0 Å². The molecular formula is C25H30BrCl2N3O4S. The van der Waals surface area contributed by atoms with Crippen LogP contribution in [0.25, 0.3) is 0 Å². The predicted octanol–water partition coefficient (Wildman–Crippen LogP) is 5.39. The fourth-order valence-corrected chi connectivity index (χ4v) is 5.85. The Labute approximate surface area is 231 Å². The van der Waals surface area contributed by atoms with Gasteiger partial charge in [0.05, 0.1) is 11.9 Å². The minimum absolute atomic E-state index is 0.0828. The fourth-order valence-electron chi connectivity index (χ4n) is 4.23. The average Bonchev–Trinajstić information content (AvgIpc) is 2.80. The molecule has 1 saturated carbocycles. The Bertz CT molecular complexity index is 1170. The standard InChI is InChI=1S/C25H30BrCl2N3O4S/c1-17(25(33)29-22-6-4-3-5-7-22)30(15-18-8-10-19(26)11-9-18)24(32)16-31(36(2,34)35)23-13-20(27)12-21(28)14-23/h8-14,17,22H,3-7,15-16H2,1-2H3,(H,29,33)/t17-/m0/s1. The van der Waals surface area contributed by atoms with Crippen molar-refractivity contribution in [2.24, 2.45) is 0 Å². The molecule has 3 rings (SSSR count). The monoisotopic (exact) mass is 617 g/mol. The molecule has 7 nitrogen and oxygen atoms in total. The van der Waals surface area contributed by atoms with Crippen molar-refractivity contribution in [3.8, 4) is 0 Å². The van der Waals surface area contributed by atoms with Gasteiger partial charge in [0.15, 0.2) is 0 Å². The maximum Gasteiger partial charge on any atom is 0.244 e. The molecule has 1 fully saturated rings. The van der Waals surface area contributed by atoms with Gasteiger partial charge < -0.3 is 10.2 Å². The SMILES string of the molecule is C[C@@H](C(=O)NC1CCCCC1)N(Cc1ccc(Br)cc1)C(=O)CN(c1cc(Cl)cc(Cl)c1)S(C)(=O)=O. The lowest BCUT2D eigenvalue weighted by molar-refractivity contribution is -0.139. The van der Waals surface area contributed by atoms with E-state index < -0.39 is 28.5 Å². The number of nitrogens with one attached hydrogen (secondary N) is 1. The number of rotatable bonds is 9. The van der Waals surface area contributed by atoms with Crippen molar-refractivity contribution in [1.29, 1.82) is 0 Å². The summed E-state index contributed by atoms with van der Waals surface area (Å²) in [6, 6.07) is 11.0. The van der Waals surface area contributed by atoms with Crippen molar-refractivity contribution < 1.29 is 18.0 Å². The van der Waals surface area contributed by atoms with Crippen LogP contribution in [-0.4, -0.2) is 50.0 Å². The minimum Gasteiger partial charge on any atom is -0.352 e. The quantitative estimate of drug-likeness (QED) is 0.408. The summed E-state index contributed by atoms with van der Waals surface area (Å²) < 4.78 is 27.2. The molecule has 0 bridgehead atoms. The number of hydrogen-bond acceptors (Lipinski definition) is 4. The van der Waals surface area contributed by atoms with Crippen LogP contribution in [0.4, 0.5) is 5.69 Å². The lowest BCUT2D eigenvalue weighted by Crippen LogP contribution is -2.52. The van der Waals surface area contributed by atoms with Crippen LogP contribution in [0.1, 0.15) is 44.6 Å². The molecule has 11 heteroatoms. The molecule has 0 radical (unpaired) electrons. The first-order valence-electron chi connectivity index (χ1n) is 11.7. The Balaban J connectivity index is 1.88. The molecular weight excluding hydrogens is 589 g/mol. The van der Waals surface area contributed by atoms with E-state index in [1.165, 1.54) is 23.1 Å². The predicted molar refractivity (Wildman–Crippen MR) is 148 cm³/mol. The minimum atomic E-state index is -3.87. The summed E-state index contributed by atoms with van der Waals surface area (Å²) in [6.07, 6.45) is 6.12. The summed E-state index contributed by atoms with van der Waals surface area (Å²) in [7, 11) is -3.87. The maximum absolute atomic E-state index is 13.6. The van der Waals surface area contributed by atoms with Gasteiger partial charge in [0.2, 0.25) is 21.8 Å². The highest BCUT2D eigenvalue weighted by atomic mass is 79.9. The Hall–Kier alpha value is -1.81. The first kappa shape index (κ1) is 28.8. The van der Waals surface area contributed by atoms with E-state index in [1.807, 2.05) is 24.3 Å². The first-order chi connectivity index (χ1) is 16.9. The van der Waals surface area contributed by atoms with Crippen molar-refractivity contribution in [2.45, 2.75) is 57.7 Å². The van der Waals surface area contributed by atoms with Crippen LogP contribution in [-0.2, 0) is 26.2 Å². The zero-order valence-corrected chi connectivity index (χ0v) is 24.1. The number of anilines is 1. The van der Waals surface area contributed by atoms with Crippen LogP contribution in [0.2, 0.25) is 10.0 Å². The number of hydrogen-bond donors (Lipinski definition) is 1. The molecule has 2 amide bonds. The lowest BCUT2D eigenvalue weighted by atomic mass is 9.95. The number of carbonyl (C=O) groups excluding carboxylic acids is 2. The molecule has 0 saturated heterocycles. The third kappa shape index (κ3) is 8.10. The van der Waals surface area contributed by atoms with Crippen LogP contribution in [0.3, 0.4) is 0 Å². The number of sulfonamides is 1. The van der Waals surface area contributed by atoms with Gasteiger partial charge in [0.1, 0.15) is 12.6 Å². The van der Waals surface area contributed by atoms with Gasteiger partial charge in [-0.1, -0.05) is 70.5 Å². The zero-order chi connectivity index (χ0) is 26.5. The second kappa shape index (κ2) is 12.6. The maximum atomic E-state index is 13.6. The Morgan fingerprint density at radius 2 is 1.64 bits per heavy atom. The smallest absolute Gasteiger partial charge is 0.244 e. The zero-order valence-electron chi connectivity index (χ0n) is 20.2. The Kier molecular flexibility index (Phi) is 10.1. The van der Waals surface area contributed by atoms with E-state index in [1.54, 1.807) is 6.92 Å². The van der Waals surface area contributed by atoms with Crippen molar-refractivity contribution in [2.75, 3.05) is 17.1 Å². The summed E-state index contributed by atoms with van der Waals surface area (Å²) >= 11 is 15.6. The molecule has 0 unspecified atom stereocenters. The van der Waals surface area contributed by atoms with Gasteiger partial charge in [-0.05, 0) is 55.7 Å². The Morgan fingerprint density at radius 1 is 1.06 bits per heavy atom. The van der Waals surface area contributed by atoms with E-state index in [0.717, 1.165) is 52.7 Å². The molecule has 36 heavy (non-hydrogen) atoms. The van der Waals surface area contributed by atoms with Gasteiger partial charge in [0, 0.05) is 27.1 Å². The third-order valence-corrected chi connectivity index (χ3v) is 8.31. The molecule has 196 valence electrons.